The summed E-state index contributed by atoms with van der Waals surface area (Å²) in [6, 6.07) is 13.7. The fourth-order valence-electron chi connectivity index (χ4n) is 1.79. The summed E-state index contributed by atoms with van der Waals surface area (Å²) >= 11 is 9.17. The maximum atomic E-state index is 12.5. The van der Waals surface area contributed by atoms with E-state index < -0.39 is 0 Å². The summed E-state index contributed by atoms with van der Waals surface area (Å²) in [6.07, 6.45) is 0. The van der Waals surface area contributed by atoms with Crippen LogP contribution in [0.25, 0.3) is 0 Å². The van der Waals surface area contributed by atoms with E-state index in [0.29, 0.717) is 21.8 Å². The molecule has 108 valence electrons. The molecule has 1 N–H and O–H groups in total. The van der Waals surface area contributed by atoms with Crippen molar-refractivity contribution < 1.29 is 9.59 Å². The Bertz CT molecular complexity index is 671. The van der Waals surface area contributed by atoms with Gasteiger partial charge in [0, 0.05) is 16.1 Å². The van der Waals surface area contributed by atoms with Crippen molar-refractivity contribution >= 4 is 44.9 Å². The Morgan fingerprint density at radius 3 is 2.43 bits per heavy atom. The Morgan fingerprint density at radius 2 is 1.81 bits per heavy atom. The highest BCUT2D eigenvalue weighted by atomic mass is 79.9. The van der Waals surface area contributed by atoms with Crippen LogP contribution in [-0.2, 0) is 4.79 Å². The number of carbonyl (C=O) groups is 2. The lowest BCUT2D eigenvalue weighted by molar-refractivity contribution is -0.115. The van der Waals surface area contributed by atoms with Gasteiger partial charge >= 0.3 is 0 Å². The van der Waals surface area contributed by atoms with E-state index in [1.165, 1.54) is 0 Å². The van der Waals surface area contributed by atoms with Crippen LogP contribution >= 0.6 is 27.5 Å². The smallest absolute Gasteiger partial charge is 0.237 e. The fraction of sp³-hybridized carbons (Fsp3) is 0.125. The molecule has 0 aliphatic rings. The molecule has 1 amide bonds. The van der Waals surface area contributed by atoms with E-state index in [2.05, 4.69) is 21.2 Å². The number of hydrogen-bond donors (Lipinski definition) is 1. The van der Waals surface area contributed by atoms with Gasteiger partial charge in [0.2, 0.25) is 5.91 Å². The number of nitrogens with one attached hydrogen (secondary N) is 1. The largest absolute Gasteiger partial charge is 0.324 e. The van der Waals surface area contributed by atoms with Gasteiger partial charge in [-0.1, -0.05) is 57.9 Å². The number of halogens is 2. The molecule has 5 heteroatoms. The minimum atomic E-state index is -0.354. The first kappa shape index (κ1) is 15.7. The molecule has 0 spiro atoms. The van der Waals surface area contributed by atoms with Crippen molar-refractivity contribution in [3.8, 4) is 0 Å². The zero-order chi connectivity index (χ0) is 15.4. The van der Waals surface area contributed by atoms with Crippen LogP contribution in [0.15, 0.2) is 48.5 Å². The van der Waals surface area contributed by atoms with E-state index in [1.807, 2.05) is 6.07 Å². The summed E-state index contributed by atoms with van der Waals surface area (Å²) in [7, 11) is 0. The van der Waals surface area contributed by atoms with Gasteiger partial charge < -0.3 is 5.32 Å². The van der Waals surface area contributed by atoms with Gasteiger partial charge in [-0.15, -0.1) is 0 Å². The molecule has 0 heterocycles. The quantitative estimate of drug-likeness (QED) is 0.648. The molecule has 0 radical (unpaired) electrons. The van der Waals surface area contributed by atoms with Gasteiger partial charge in [-0.2, -0.15) is 0 Å². The van der Waals surface area contributed by atoms with Crippen molar-refractivity contribution in [2.24, 2.45) is 0 Å². The minimum absolute atomic E-state index is 0.185. The summed E-state index contributed by atoms with van der Waals surface area (Å²) in [5.41, 5.74) is 1.36. The predicted octanol–water partition coefficient (Wildman–Crippen LogP) is 4.29. The van der Waals surface area contributed by atoms with Crippen LogP contribution in [0.2, 0.25) is 5.02 Å². The number of hydrogen-bond acceptors (Lipinski definition) is 2. The van der Waals surface area contributed by atoms with E-state index in [1.54, 1.807) is 49.4 Å². The molecule has 1 atom stereocenters. The number of rotatable bonds is 4. The Kier molecular flexibility index (Phi) is 5.15. The van der Waals surface area contributed by atoms with Crippen molar-refractivity contribution in [2.45, 2.75) is 11.8 Å². The summed E-state index contributed by atoms with van der Waals surface area (Å²) in [4.78, 5) is 24.0. The Hall–Kier alpha value is -1.65. The molecule has 0 bridgehead atoms. The average molecular weight is 367 g/mol. The summed E-state index contributed by atoms with van der Waals surface area (Å²) in [6.45, 7) is 1.71. The van der Waals surface area contributed by atoms with Crippen LogP contribution in [0.4, 0.5) is 5.69 Å². The van der Waals surface area contributed by atoms with Gasteiger partial charge in [-0.3, -0.25) is 9.59 Å². The van der Waals surface area contributed by atoms with Crippen molar-refractivity contribution in [3.63, 3.8) is 0 Å². The lowest BCUT2D eigenvalue weighted by atomic mass is 10.0. The van der Waals surface area contributed by atoms with Gasteiger partial charge in [0.25, 0.3) is 0 Å². The van der Waals surface area contributed by atoms with E-state index >= 15 is 0 Å². The SMILES string of the molecule is C[C@H](Br)C(=O)Nc1ccc(Cl)cc1C(=O)c1ccccc1. The lowest BCUT2D eigenvalue weighted by Crippen LogP contribution is -2.21. The third-order valence-corrected chi connectivity index (χ3v) is 3.53. The first-order chi connectivity index (χ1) is 9.99. The number of carbonyl (C=O) groups excluding carboxylic acids is 2. The van der Waals surface area contributed by atoms with Crippen molar-refractivity contribution in [2.75, 3.05) is 5.32 Å². The highest BCUT2D eigenvalue weighted by Gasteiger charge is 2.17. The van der Waals surface area contributed by atoms with Crippen LogP contribution in [0, 0.1) is 0 Å². The summed E-state index contributed by atoms with van der Waals surface area (Å²) in [5, 5.41) is 3.17. The van der Waals surface area contributed by atoms with Crippen LogP contribution in [0.5, 0.6) is 0 Å². The highest BCUT2D eigenvalue weighted by molar-refractivity contribution is 9.10. The molecule has 0 aromatic heterocycles. The number of alkyl halides is 1. The molecule has 0 fully saturated rings. The second-order valence-corrected chi connectivity index (χ2v) is 6.30. The zero-order valence-corrected chi connectivity index (χ0v) is 13.6. The van der Waals surface area contributed by atoms with E-state index in [0.717, 1.165) is 0 Å². The lowest BCUT2D eigenvalue weighted by Gasteiger charge is -2.12. The van der Waals surface area contributed by atoms with E-state index in [9.17, 15) is 9.59 Å². The van der Waals surface area contributed by atoms with Crippen LogP contribution in [0.3, 0.4) is 0 Å². The zero-order valence-electron chi connectivity index (χ0n) is 11.3. The first-order valence-electron chi connectivity index (χ1n) is 6.33. The monoisotopic (exact) mass is 365 g/mol. The average Bonchev–Trinajstić information content (AvgIpc) is 2.49. The maximum Gasteiger partial charge on any atom is 0.237 e. The number of amides is 1. The van der Waals surface area contributed by atoms with Gasteiger partial charge in [-0.05, 0) is 25.1 Å². The molecule has 2 aromatic carbocycles. The molecule has 3 nitrogen and oxygen atoms in total. The molecule has 0 aliphatic heterocycles. The highest BCUT2D eigenvalue weighted by Crippen LogP contribution is 2.24. The third kappa shape index (κ3) is 3.93. The summed E-state index contributed by atoms with van der Waals surface area (Å²) < 4.78 is 0. The fourth-order valence-corrected chi connectivity index (χ4v) is 2.08. The van der Waals surface area contributed by atoms with E-state index in [4.69, 9.17) is 11.6 Å². The van der Waals surface area contributed by atoms with Crippen molar-refractivity contribution in [1.82, 2.24) is 0 Å². The van der Waals surface area contributed by atoms with E-state index in [-0.39, 0.29) is 16.5 Å². The predicted molar refractivity (Wildman–Crippen MR) is 88.3 cm³/mol. The molecule has 0 saturated heterocycles. The van der Waals surface area contributed by atoms with Crippen LogP contribution in [0.1, 0.15) is 22.8 Å². The Morgan fingerprint density at radius 1 is 1.14 bits per heavy atom. The molecule has 2 aromatic rings. The standard InChI is InChI=1S/C16H13BrClNO2/c1-10(17)16(21)19-14-8-7-12(18)9-13(14)15(20)11-5-3-2-4-6-11/h2-10H,1H3,(H,19,21)/t10-/m0/s1. The number of benzene rings is 2. The second kappa shape index (κ2) is 6.87. The second-order valence-electron chi connectivity index (χ2n) is 4.49. The number of ketones is 1. The molecule has 21 heavy (non-hydrogen) atoms. The molecule has 2 rings (SSSR count). The minimum Gasteiger partial charge on any atom is -0.324 e. The van der Waals surface area contributed by atoms with Gasteiger partial charge in [-0.25, -0.2) is 0 Å². The van der Waals surface area contributed by atoms with Gasteiger partial charge in [0.05, 0.1) is 10.5 Å². The van der Waals surface area contributed by atoms with Crippen molar-refractivity contribution in [3.05, 3.63) is 64.7 Å². The maximum absolute atomic E-state index is 12.5. The Labute approximate surface area is 136 Å². The van der Waals surface area contributed by atoms with Gasteiger partial charge in [0.15, 0.2) is 5.78 Å². The normalized spacial score (nSPS) is 11.8. The molecule has 0 aliphatic carbocycles. The topological polar surface area (TPSA) is 46.2 Å². The molecular formula is C16H13BrClNO2. The van der Waals surface area contributed by atoms with Crippen LogP contribution in [-0.4, -0.2) is 16.5 Å². The number of anilines is 1. The summed E-state index contributed by atoms with van der Waals surface area (Å²) in [5.74, 6) is -0.407. The molecular weight excluding hydrogens is 354 g/mol. The van der Waals surface area contributed by atoms with Gasteiger partial charge in [0.1, 0.15) is 0 Å². The third-order valence-electron chi connectivity index (χ3n) is 2.88. The molecule has 0 unspecified atom stereocenters. The van der Waals surface area contributed by atoms with Crippen LogP contribution < -0.4 is 5.32 Å². The first-order valence-corrected chi connectivity index (χ1v) is 7.62. The molecule has 0 saturated carbocycles. The Balaban J connectivity index is 2.40. The van der Waals surface area contributed by atoms with Crippen molar-refractivity contribution in [1.29, 1.82) is 0 Å².